The lowest BCUT2D eigenvalue weighted by molar-refractivity contribution is -0.384. The van der Waals surface area contributed by atoms with E-state index in [0.717, 1.165) is 74.1 Å². The van der Waals surface area contributed by atoms with E-state index in [-0.39, 0.29) is 10.6 Å². The number of alkyl halides is 3. The van der Waals surface area contributed by atoms with Gasteiger partial charge < -0.3 is 9.88 Å². The van der Waals surface area contributed by atoms with Crippen LogP contribution < -0.4 is 4.90 Å². The van der Waals surface area contributed by atoms with E-state index >= 15 is 0 Å². The zero-order valence-electron chi connectivity index (χ0n) is 19.4. The van der Waals surface area contributed by atoms with Gasteiger partial charge in [0, 0.05) is 87.3 Å². The van der Waals surface area contributed by atoms with Crippen LogP contribution in [0, 0.1) is 10.1 Å². The van der Waals surface area contributed by atoms with Crippen LogP contribution in [0.2, 0.25) is 0 Å². The number of benzene rings is 2. The number of anilines is 1. The molecule has 0 atom stereocenters. The van der Waals surface area contributed by atoms with E-state index in [1.54, 1.807) is 18.2 Å². The number of hydrogen-bond acceptors (Lipinski definition) is 5. The van der Waals surface area contributed by atoms with Crippen molar-refractivity contribution in [3.8, 4) is 0 Å². The van der Waals surface area contributed by atoms with Crippen LogP contribution in [0.25, 0.3) is 10.9 Å². The molecule has 5 rings (SSSR count). The number of non-ortho nitro benzene ring substituents is 1. The van der Waals surface area contributed by atoms with Crippen molar-refractivity contribution in [3.05, 3.63) is 69.4 Å². The van der Waals surface area contributed by atoms with Gasteiger partial charge in [0.2, 0.25) is 0 Å². The van der Waals surface area contributed by atoms with Crippen molar-refractivity contribution >= 4 is 22.3 Å². The molecule has 2 aromatic carbocycles. The van der Waals surface area contributed by atoms with Crippen molar-refractivity contribution in [2.24, 2.45) is 0 Å². The Hall–Kier alpha value is -3.11. The average Bonchev–Trinajstić information content (AvgIpc) is 3.50. The van der Waals surface area contributed by atoms with Crippen molar-refractivity contribution in [2.75, 3.05) is 44.2 Å². The number of hydrogen-bond donors (Lipinski definition) is 1. The van der Waals surface area contributed by atoms with E-state index in [0.29, 0.717) is 18.8 Å². The zero-order chi connectivity index (χ0) is 24.6. The van der Waals surface area contributed by atoms with Crippen molar-refractivity contribution in [2.45, 2.75) is 32.1 Å². The molecule has 10 heteroatoms. The number of halogens is 3. The molecule has 0 radical (unpaired) electrons. The van der Waals surface area contributed by atoms with Crippen molar-refractivity contribution in [1.29, 1.82) is 0 Å². The molecule has 1 aromatic heterocycles. The SMILES string of the molecule is O=[N+]([O-])c1ccc2[nH]cc(CN3CCN(Cc4ccc(C(F)(F)F)cc4N4CCCC4)CC3)c2c1. The predicted molar refractivity (Wildman–Crippen MR) is 128 cm³/mol. The van der Waals surface area contributed by atoms with Gasteiger partial charge in [-0.3, -0.25) is 19.9 Å². The Morgan fingerprint density at radius 1 is 0.886 bits per heavy atom. The number of rotatable bonds is 6. The maximum atomic E-state index is 13.3. The molecule has 35 heavy (non-hydrogen) atoms. The minimum Gasteiger partial charge on any atom is -0.371 e. The molecule has 0 aliphatic carbocycles. The number of nitrogens with one attached hydrogen (secondary N) is 1. The molecule has 0 amide bonds. The van der Waals surface area contributed by atoms with Crippen LogP contribution in [0.4, 0.5) is 24.5 Å². The summed E-state index contributed by atoms with van der Waals surface area (Å²) in [4.78, 5) is 20.6. The van der Waals surface area contributed by atoms with Gasteiger partial charge in [-0.15, -0.1) is 0 Å². The first-order valence-corrected chi connectivity index (χ1v) is 11.9. The third-order valence-corrected chi connectivity index (χ3v) is 7.07. The monoisotopic (exact) mass is 487 g/mol. The first kappa shape index (κ1) is 23.6. The van der Waals surface area contributed by atoms with Gasteiger partial charge >= 0.3 is 6.18 Å². The van der Waals surface area contributed by atoms with Crippen LogP contribution in [-0.4, -0.2) is 59.0 Å². The summed E-state index contributed by atoms with van der Waals surface area (Å²) in [5.74, 6) is 0. The summed E-state index contributed by atoms with van der Waals surface area (Å²) in [5, 5.41) is 12.0. The molecule has 2 fully saturated rings. The summed E-state index contributed by atoms with van der Waals surface area (Å²) in [7, 11) is 0. The largest absolute Gasteiger partial charge is 0.416 e. The lowest BCUT2D eigenvalue weighted by atomic mass is 10.1. The number of nitro benzene ring substituents is 1. The molecule has 3 aromatic rings. The third kappa shape index (κ3) is 5.13. The van der Waals surface area contributed by atoms with Gasteiger partial charge in [-0.2, -0.15) is 13.2 Å². The second kappa shape index (κ2) is 9.50. The summed E-state index contributed by atoms with van der Waals surface area (Å²) in [5.41, 5.74) is 3.04. The van der Waals surface area contributed by atoms with Gasteiger partial charge in [-0.1, -0.05) is 6.07 Å². The molecule has 2 saturated heterocycles. The smallest absolute Gasteiger partial charge is 0.371 e. The van der Waals surface area contributed by atoms with E-state index in [1.807, 2.05) is 6.20 Å². The summed E-state index contributed by atoms with van der Waals surface area (Å²) in [6, 6.07) is 8.99. The molecular formula is C25H28F3N5O2. The minimum atomic E-state index is -4.35. The Morgan fingerprint density at radius 2 is 1.54 bits per heavy atom. The molecule has 3 heterocycles. The van der Waals surface area contributed by atoms with Gasteiger partial charge in [0.25, 0.3) is 5.69 Å². The lowest BCUT2D eigenvalue weighted by Gasteiger charge is -2.35. The van der Waals surface area contributed by atoms with Gasteiger partial charge in [0.15, 0.2) is 0 Å². The summed E-state index contributed by atoms with van der Waals surface area (Å²) in [6.45, 7) is 6.16. The number of nitrogens with zero attached hydrogens (tertiary/aromatic N) is 4. The first-order chi connectivity index (χ1) is 16.8. The second-order valence-electron chi connectivity index (χ2n) is 9.39. The van der Waals surface area contributed by atoms with Crippen LogP contribution in [0.1, 0.15) is 29.5 Å². The first-order valence-electron chi connectivity index (χ1n) is 11.9. The van der Waals surface area contributed by atoms with E-state index in [9.17, 15) is 23.3 Å². The normalized spacial score (nSPS) is 18.0. The number of aromatic amines is 1. The molecule has 2 aliphatic rings. The highest BCUT2D eigenvalue weighted by molar-refractivity contribution is 5.85. The number of aromatic nitrogens is 1. The Kier molecular flexibility index (Phi) is 6.41. The van der Waals surface area contributed by atoms with E-state index in [2.05, 4.69) is 19.7 Å². The minimum absolute atomic E-state index is 0.0773. The topological polar surface area (TPSA) is 68.6 Å². The molecule has 7 nitrogen and oxygen atoms in total. The molecule has 0 spiro atoms. The van der Waals surface area contributed by atoms with Crippen molar-refractivity contribution in [3.63, 3.8) is 0 Å². The molecule has 2 aliphatic heterocycles. The highest BCUT2D eigenvalue weighted by atomic mass is 19.4. The lowest BCUT2D eigenvalue weighted by Crippen LogP contribution is -2.45. The summed E-state index contributed by atoms with van der Waals surface area (Å²) >= 11 is 0. The van der Waals surface area contributed by atoms with Crippen LogP contribution >= 0.6 is 0 Å². The summed E-state index contributed by atoms with van der Waals surface area (Å²) in [6.07, 6.45) is -0.427. The van der Waals surface area contributed by atoms with Crippen LogP contribution in [0.5, 0.6) is 0 Å². The third-order valence-electron chi connectivity index (χ3n) is 7.07. The Balaban J connectivity index is 1.25. The quantitative estimate of drug-likeness (QED) is 0.391. The summed E-state index contributed by atoms with van der Waals surface area (Å²) < 4.78 is 40.0. The van der Waals surface area contributed by atoms with Crippen molar-refractivity contribution < 1.29 is 18.1 Å². The van der Waals surface area contributed by atoms with Gasteiger partial charge in [0.1, 0.15) is 0 Å². The average molecular weight is 488 g/mol. The highest BCUT2D eigenvalue weighted by Crippen LogP contribution is 2.35. The van der Waals surface area contributed by atoms with E-state index in [4.69, 9.17) is 0 Å². The standard InChI is InChI=1S/C25H28F3N5O2/c26-25(27,28)20-4-3-18(24(13-20)32-7-1-2-8-32)16-30-9-11-31(12-10-30)17-19-15-29-23-6-5-21(33(34)35)14-22(19)23/h3-6,13-15,29H,1-2,7-12,16-17H2. The fourth-order valence-corrected chi connectivity index (χ4v) is 5.12. The highest BCUT2D eigenvalue weighted by Gasteiger charge is 2.32. The molecule has 1 N–H and O–H groups in total. The number of H-pyrrole nitrogens is 1. The number of nitro groups is 1. The Labute approximate surface area is 201 Å². The van der Waals surface area contributed by atoms with Crippen LogP contribution in [-0.2, 0) is 19.3 Å². The Morgan fingerprint density at radius 3 is 2.17 bits per heavy atom. The van der Waals surface area contributed by atoms with E-state index < -0.39 is 11.7 Å². The van der Waals surface area contributed by atoms with E-state index in [1.165, 1.54) is 18.2 Å². The molecular weight excluding hydrogens is 459 g/mol. The maximum Gasteiger partial charge on any atom is 0.416 e. The van der Waals surface area contributed by atoms with Gasteiger partial charge in [-0.05, 0) is 42.2 Å². The molecule has 0 saturated carbocycles. The molecule has 186 valence electrons. The van der Waals surface area contributed by atoms with Gasteiger partial charge in [0.05, 0.1) is 10.5 Å². The van der Waals surface area contributed by atoms with Crippen LogP contribution in [0.3, 0.4) is 0 Å². The molecule has 0 unspecified atom stereocenters. The number of piperazine rings is 1. The fourth-order valence-electron chi connectivity index (χ4n) is 5.12. The predicted octanol–water partition coefficient (Wildman–Crippen LogP) is 5.01. The second-order valence-corrected chi connectivity index (χ2v) is 9.39. The Bertz CT molecular complexity index is 1210. The van der Waals surface area contributed by atoms with Crippen molar-refractivity contribution in [1.82, 2.24) is 14.8 Å². The molecule has 0 bridgehead atoms. The van der Waals surface area contributed by atoms with Crippen LogP contribution in [0.15, 0.2) is 42.6 Å². The van der Waals surface area contributed by atoms with Gasteiger partial charge in [-0.25, -0.2) is 0 Å². The fraction of sp³-hybridized carbons (Fsp3) is 0.440. The zero-order valence-corrected chi connectivity index (χ0v) is 19.4. The maximum absolute atomic E-state index is 13.3. The number of fused-ring (bicyclic) bond motifs is 1.